The summed E-state index contributed by atoms with van der Waals surface area (Å²) in [6.45, 7) is 1.03. The fraction of sp³-hybridized carbons (Fsp3) is 0.632. The zero-order valence-electron chi connectivity index (χ0n) is 17.5. The normalized spacial score (nSPS) is 15.9. The molecule has 1 saturated carbocycles. The van der Waals surface area contributed by atoms with Gasteiger partial charge in [-0.3, -0.25) is 9.79 Å². The molecule has 0 aromatic carbocycles. The molecule has 1 aliphatic rings. The summed E-state index contributed by atoms with van der Waals surface area (Å²) in [5.74, 6) is 0.405. The summed E-state index contributed by atoms with van der Waals surface area (Å²) < 4.78 is 39.0. The van der Waals surface area contributed by atoms with Gasteiger partial charge in [0, 0.05) is 47.0 Å². The van der Waals surface area contributed by atoms with Crippen molar-refractivity contribution in [1.29, 1.82) is 0 Å². The van der Waals surface area contributed by atoms with Crippen molar-refractivity contribution in [3.8, 4) is 0 Å². The molecule has 2 rings (SSSR count). The first-order valence-corrected chi connectivity index (χ1v) is 9.62. The Hall–Kier alpha value is -1.79. The van der Waals surface area contributed by atoms with E-state index in [1.165, 1.54) is 12.3 Å². The lowest BCUT2D eigenvalue weighted by molar-refractivity contribution is -0.139. The number of anilines is 1. The van der Waals surface area contributed by atoms with Gasteiger partial charge in [0.25, 0.3) is 0 Å². The average Bonchev–Trinajstić information content (AvgIpc) is 3.16. The van der Waals surface area contributed by atoms with Crippen LogP contribution in [0, 0.1) is 5.41 Å². The van der Waals surface area contributed by atoms with E-state index in [2.05, 4.69) is 25.9 Å². The van der Waals surface area contributed by atoms with Gasteiger partial charge in [-0.1, -0.05) is 12.8 Å². The lowest BCUT2D eigenvalue weighted by Gasteiger charge is -2.31. The van der Waals surface area contributed by atoms with E-state index >= 15 is 0 Å². The van der Waals surface area contributed by atoms with Crippen LogP contribution in [0.4, 0.5) is 19.0 Å². The van der Waals surface area contributed by atoms with Crippen LogP contribution < -0.4 is 16.0 Å². The minimum atomic E-state index is -4.46. The standard InChI is InChI=1S/C19H29F3N6O.HI/c1-23-17(27-13-18(8-4-5-9-18)16(29)28(2)3)26-12-11-25-15-14(19(20,21)22)7-6-10-24-15;/h6-7,10H,4-5,8-9,11-13H2,1-3H3,(H,24,25)(H2,23,26,27);1H. The van der Waals surface area contributed by atoms with Crippen LogP contribution in [0.1, 0.15) is 31.2 Å². The highest BCUT2D eigenvalue weighted by molar-refractivity contribution is 14.0. The number of pyridine rings is 1. The maximum absolute atomic E-state index is 13.0. The summed E-state index contributed by atoms with van der Waals surface area (Å²) in [4.78, 5) is 22.1. The van der Waals surface area contributed by atoms with Crippen molar-refractivity contribution in [2.75, 3.05) is 46.1 Å². The number of amides is 1. The average molecular weight is 542 g/mol. The van der Waals surface area contributed by atoms with Gasteiger partial charge in [0.05, 0.1) is 11.0 Å². The maximum Gasteiger partial charge on any atom is 0.419 e. The number of rotatable bonds is 7. The molecule has 0 aliphatic heterocycles. The number of hydrogen-bond donors (Lipinski definition) is 3. The minimum absolute atomic E-state index is 0. The molecule has 1 aliphatic carbocycles. The van der Waals surface area contributed by atoms with Gasteiger partial charge < -0.3 is 20.9 Å². The first kappa shape index (κ1) is 26.2. The predicted molar refractivity (Wildman–Crippen MR) is 122 cm³/mol. The number of hydrogen-bond acceptors (Lipinski definition) is 4. The van der Waals surface area contributed by atoms with Crippen LogP contribution >= 0.6 is 24.0 Å². The molecule has 1 amide bonds. The molecule has 0 spiro atoms. The SMILES string of the molecule is CN=C(NCCNc1ncccc1C(F)(F)F)NCC1(C(=O)N(C)C)CCCC1.I. The maximum atomic E-state index is 13.0. The van der Waals surface area contributed by atoms with E-state index in [9.17, 15) is 18.0 Å². The van der Waals surface area contributed by atoms with Crippen LogP contribution in [0.25, 0.3) is 0 Å². The van der Waals surface area contributed by atoms with Gasteiger partial charge in [-0.05, 0) is 25.0 Å². The molecule has 0 saturated heterocycles. The molecular weight excluding hydrogens is 512 g/mol. The van der Waals surface area contributed by atoms with Gasteiger partial charge in [-0.15, -0.1) is 24.0 Å². The van der Waals surface area contributed by atoms with E-state index in [-0.39, 0.29) is 42.2 Å². The molecule has 0 unspecified atom stereocenters. The quantitative estimate of drug-likeness (QED) is 0.214. The number of aromatic nitrogens is 1. The topological polar surface area (TPSA) is 81.6 Å². The van der Waals surface area contributed by atoms with Crippen LogP contribution in [-0.4, -0.2) is 62.5 Å². The molecule has 7 nitrogen and oxygen atoms in total. The summed E-state index contributed by atoms with van der Waals surface area (Å²) in [5.41, 5.74) is -1.23. The summed E-state index contributed by atoms with van der Waals surface area (Å²) in [6.07, 6.45) is 0.543. The van der Waals surface area contributed by atoms with Gasteiger partial charge in [0.15, 0.2) is 5.96 Å². The molecule has 1 aromatic heterocycles. The number of halogens is 4. The molecule has 11 heteroatoms. The number of carbonyl (C=O) groups excluding carboxylic acids is 1. The van der Waals surface area contributed by atoms with Gasteiger partial charge in [-0.25, -0.2) is 4.98 Å². The van der Waals surface area contributed by atoms with Crippen molar-refractivity contribution in [3.05, 3.63) is 23.9 Å². The van der Waals surface area contributed by atoms with Gasteiger partial charge >= 0.3 is 6.18 Å². The number of alkyl halides is 3. The van der Waals surface area contributed by atoms with Gasteiger partial charge in [-0.2, -0.15) is 13.2 Å². The number of aliphatic imine (C=N–C) groups is 1. The third-order valence-corrected chi connectivity index (χ3v) is 5.06. The second kappa shape index (κ2) is 11.6. The largest absolute Gasteiger partial charge is 0.419 e. The molecule has 1 aromatic rings. The third kappa shape index (κ3) is 6.88. The van der Waals surface area contributed by atoms with Crippen molar-refractivity contribution in [1.82, 2.24) is 20.5 Å². The van der Waals surface area contributed by atoms with E-state index in [0.717, 1.165) is 31.7 Å². The van der Waals surface area contributed by atoms with Gasteiger partial charge in [0.2, 0.25) is 5.91 Å². The highest BCUT2D eigenvalue weighted by Crippen LogP contribution is 2.39. The second-order valence-corrected chi connectivity index (χ2v) is 7.36. The second-order valence-electron chi connectivity index (χ2n) is 7.36. The summed E-state index contributed by atoms with van der Waals surface area (Å²) in [6, 6.07) is 2.25. The summed E-state index contributed by atoms with van der Waals surface area (Å²) in [5, 5.41) is 8.94. The van der Waals surface area contributed by atoms with Crippen molar-refractivity contribution in [2.24, 2.45) is 10.4 Å². The molecule has 1 heterocycles. The van der Waals surface area contributed by atoms with Gasteiger partial charge in [0.1, 0.15) is 5.82 Å². The van der Waals surface area contributed by atoms with E-state index < -0.39 is 17.2 Å². The van der Waals surface area contributed by atoms with Crippen molar-refractivity contribution in [2.45, 2.75) is 31.9 Å². The Bertz CT molecular complexity index is 720. The Morgan fingerprint density at radius 1 is 1.23 bits per heavy atom. The Labute approximate surface area is 192 Å². The lowest BCUT2D eigenvalue weighted by Crippen LogP contribution is -2.49. The van der Waals surface area contributed by atoms with E-state index in [4.69, 9.17) is 0 Å². The molecule has 170 valence electrons. The van der Waals surface area contributed by atoms with Crippen LogP contribution in [0.3, 0.4) is 0 Å². The molecule has 3 N–H and O–H groups in total. The first-order chi connectivity index (χ1) is 13.7. The molecule has 30 heavy (non-hydrogen) atoms. The van der Waals surface area contributed by atoms with Crippen molar-refractivity contribution < 1.29 is 18.0 Å². The van der Waals surface area contributed by atoms with Crippen LogP contribution in [-0.2, 0) is 11.0 Å². The third-order valence-electron chi connectivity index (χ3n) is 5.06. The highest BCUT2D eigenvalue weighted by atomic mass is 127. The van der Waals surface area contributed by atoms with Crippen LogP contribution in [0.15, 0.2) is 23.3 Å². The fourth-order valence-electron chi connectivity index (χ4n) is 3.60. The molecule has 0 radical (unpaired) electrons. The number of guanidine groups is 1. The zero-order valence-corrected chi connectivity index (χ0v) is 19.8. The minimum Gasteiger partial charge on any atom is -0.368 e. The molecule has 0 bridgehead atoms. The lowest BCUT2D eigenvalue weighted by atomic mass is 9.84. The van der Waals surface area contributed by atoms with E-state index in [1.807, 2.05) is 0 Å². The summed E-state index contributed by atoms with van der Waals surface area (Å²) in [7, 11) is 5.13. The molecular formula is C19H30F3IN6O. The zero-order chi connectivity index (χ0) is 21.5. The monoisotopic (exact) mass is 542 g/mol. The van der Waals surface area contributed by atoms with E-state index in [1.54, 1.807) is 26.0 Å². The predicted octanol–water partition coefficient (Wildman–Crippen LogP) is 2.94. The Balaban J connectivity index is 0.00000450. The number of nitrogens with zero attached hydrogens (tertiary/aromatic N) is 3. The number of nitrogens with one attached hydrogen (secondary N) is 3. The Morgan fingerprint density at radius 3 is 2.47 bits per heavy atom. The van der Waals surface area contributed by atoms with E-state index in [0.29, 0.717) is 19.0 Å². The molecule has 0 atom stereocenters. The molecule has 1 fully saturated rings. The fourth-order valence-corrected chi connectivity index (χ4v) is 3.60. The first-order valence-electron chi connectivity index (χ1n) is 9.62. The van der Waals surface area contributed by atoms with Crippen molar-refractivity contribution >= 4 is 41.7 Å². The van der Waals surface area contributed by atoms with Crippen LogP contribution in [0.5, 0.6) is 0 Å². The number of carbonyl (C=O) groups is 1. The smallest absolute Gasteiger partial charge is 0.368 e. The Morgan fingerprint density at radius 2 is 1.90 bits per heavy atom. The summed E-state index contributed by atoms with van der Waals surface area (Å²) >= 11 is 0. The highest BCUT2D eigenvalue weighted by Gasteiger charge is 2.42. The Kier molecular flexibility index (Phi) is 10.1. The van der Waals surface area contributed by atoms with Crippen LogP contribution in [0.2, 0.25) is 0 Å². The van der Waals surface area contributed by atoms with Crippen molar-refractivity contribution in [3.63, 3.8) is 0 Å².